The van der Waals surface area contributed by atoms with Crippen molar-refractivity contribution in [2.24, 2.45) is 0 Å². The number of carbonyl (C=O) groups is 2. The number of hydrogen-bond donors (Lipinski definition) is 2. The molecule has 2 aromatic carbocycles. The Labute approximate surface area is 197 Å². The molecule has 0 unspecified atom stereocenters. The van der Waals surface area contributed by atoms with E-state index in [1.54, 1.807) is 58.9 Å². The van der Waals surface area contributed by atoms with Crippen LogP contribution in [0.15, 0.2) is 60.7 Å². The summed E-state index contributed by atoms with van der Waals surface area (Å²) in [6.45, 7) is 8.53. The van der Waals surface area contributed by atoms with Crippen LogP contribution in [0.3, 0.4) is 0 Å². The van der Waals surface area contributed by atoms with Crippen LogP contribution < -0.4 is 4.72 Å². The quantitative estimate of drug-likeness (QED) is 0.402. The summed E-state index contributed by atoms with van der Waals surface area (Å²) < 4.78 is 37.3. The van der Waals surface area contributed by atoms with Crippen molar-refractivity contribution in [3.05, 3.63) is 71.8 Å². The summed E-state index contributed by atoms with van der Waals surface area (Å²) in [4.78, 5) is 25.3. The summed E-state index contributed by atoms with van der Waals surface area (Å²) in [6, 6.07) is 18.2. The molecule has 2 aromatic rings. The minimum Gasteiger partial charge on any atom is -0.460 e. The number of ether oxygens (including phenoxy) is 2. The van der Waals surface area contributed by atoms with Crippen LogP contribution in [-0.4, -0.2) is 31.6 Å². The first-order valence-corrected chi connectivity index (χ1v) is 11.9. The average Bonchev–Trinajstić information content (AvgIpc) is 2.66. The highest BCUT2D eigenvalue weighted by molar-refractivity contribution is 7.70. The molecule has 0 radical (unpaired) electrons. The fourth-order valence-corrected chi connectivity index (χ4v) is 4.28. The molecule has 33 heavy (non-hydrogen) atoms. The van der Waals surface area contributed by atoms with Gasteiger partial charge >= 0.3 is 11.9 Å². The second-order valence-corrected chi connectivity index (χ2v) is 10.4. The second-order valence-electron chi connectivity index (χ2n) is 9.65. The Hall–Kier alpha value is -2.71. The molecule has 1 N–H and O–H groups in total. The van der Waals surface area contributed by atoms with E-state index in [4.69, 9.17) is 9.47 Å². The molecular formula is C25H33NO6S. The first-order chi connectivity index (χ1) is 15.3. The van der Waals surface area contributed by atoms with E-state index in [1.165, 1.54) is 0 Å². The molecule has 0 heterocycles. The van der Waals surface area contributed by atoms with Crippen LogP contribution in [0.2, 0.25) is 0 Å². The van der Waals surface area contributed by atoms with Crippen molar-refractivity contribution in [1.82, 2.24) is 4.72 Å². The zero-order valence-electron chi connectivity index (χ0n) is 19.8. The first kappa shape index (κ1) is 26.5. The largest absolute Gasteiger partial charge is 0.460 e. The fraction of sp³-hybridized carbons (Fsp3) is 0.440. The number of carbonyl (C=O) groups excluding carboxylic acids is 2. The zero-order chi connectivity index (χ0) is 24.7. The summed E-state index contributed by atoms with van der Waals surface area (Å²) in [6.07, 6.45) is -0.147. The maximum Gasteiger partial charge on any atom is 0.310 e. The van der Waals surface area contributed by atoms with Gasteiger partial charge in [-0.25, -0.2) is 13.1 Å². The van der Waals surface area contributed by atoms with Gasteiger partial charge in [0.05, 0.1) is 18.4 Å². The summed E-state index contributed by atoms with van der Waals surface area (Å²) in [5.74, 6) is -1.12. The standard InChI is InChI=1S/C25H33NO6S/c1-23(2,3)31-21(27)17-24(4,5)32-22(28)18-25(26-33(29)30,20-14-10-7-11-15-20)16-19-12-8-6-9-13-19/h6-15,33H,16-18H2,1-5H3,(H,26,29,30)/t25-/m0/s1. The Morgan fingerprint density at radius 2 is 1.30 bits per heavy atom. The van der Waals surface area contributed by atoms with E-state index in [0.29, 0.717) is 5.56 Å². The van der Waals surface area contributed by atoms with Gasteiger partial charge in [0.2, 0.25) is 10.9 Å². The van der Waals surface area contributed by atoms with Gasteiger partial charge in [0, 0.05) is 0 Å². The lowest BCUT2D eigenvalue weighted by atomic mass is 9.82. The van der Waals surface area contributed by atoms with Gasteiger partial charge in [0.1, 0.15) is 11.2 Å². The molecule has 0 aliphatic rings. The van der Waals surface area contributed by atoms with Crippen LogP contribution in [0.25, 0.3) is 0 Å². The number of rotatable bonds is 10. The van der Waals surface area contributed by atoms with Gasteiger partial charge in [0.25, 0.3) is 0 Å². The SMILES string of the molecule is CC(C)(C)OC(=O)CC(C)(C)OC(=O)C[C@](Cc1ccccc1)(N[SH](=O)=O)c1ccccc1. The van der Waals surface area contributed by atoms with Crippen LogP contribution in [0.5, 0.6) is 0 Å². The molecule has 0 aromatic heterocycles. The van der Waals surface area contributed by atoms with Gasteiger partial charge in [-0.2, -0.15) is 0 Å². The van der Waals surface area contributed by atoms with Crippen molar-refractivity contribution < 1.29 is 27.5 Å². The third-order valence-electron chi connectivity index (χ3n) is 4.81. The number of thiol groups is 1. The normalized spacial score (nSPS) is 13.9. The van der Waals surface area contributed by atoms with E-state index in [0.717, 1.165) is 5.56 Å². The smallest absolute Gasteiger partial charge is 0.310 e. The number of hydrogen-bond acceptors (Lipinski definition) is 6. The Morgan fingerprint density at radius 1 is 0.788 bits per heavy atom. The van der Waals surface area contributed by atoms with E-state index < -0.39 is 39.6 Å². The Kier molecular flexibility index (Phi) is 8.80. The van der Waals surface area contributed by atoms with Gasteiger partial charge in [-0.3, -0.25) is 9.59 Å². The highest BCUT2D eigenvalue weighted by Gasteiger charge is 2.38. The number of benzene rings is 2. The van der Waals surface area contributed by atoms with Crippen molar-refractivity contribution in [3.63, 3.8) is 0 Å². The van der Waals surface area contributed by atoms with Gasteiger partial charge in [-0.1, -0.05) is 60.7 Å². The van der Waals surface area contributed by atoms with Crippen molar-refractivity contribution in [2.45, 2.75) is 70.6 Å². The third kappa shape index (κ3) is 8.98. The predicted octanol–water partition coefficient (Wildman–Crippen LogP) is 3.68. The molecule has 180 valence electrons. The van der Waals surface area contributed by atoms with E-state index in [2.05, 4.69) is 4.72 Å². The maximum atomic E-state index is 13.1. The number of nitrogens with one attached hydrogen (secondary N) is 1. The first-order valence-electron chi connectivity index (χ1n) is 10.8. The van der Waals surface area contributed by atoms with Crippen LogP contribution >= 0.6 is 0 Å². The lowest BCUT2D eigenvalue weighted by Gasteiger charge is -2.34. The number of esters is 2. The molecule has 1 atom stereocenters. The van der Waals surface area contributed by atoms with E-state index in [-0.39, 0.29) is 19.3 Å². The summed E-state index contributed by atoms with van der Waals surface area (Å²) in [7, 11) is -3.03. The fourth-order valence-electron chi connectivity index (χ4n) is 3.64. The average molecular weight is 476 g/mol. The molecule has 2 rings (SSSR count). The molecule has 0 aliphatic carbocycles. The van der Waals surface area contributed by atoms with Crippen molar-refractivity contribution in [2.75, 3.05) is 0 Å². The molecule has 7 nitrogen and oxygen atoms in total. The van der Waals surface area contributed by atoms with Crippen LogP contribution in [0.1, 0.15) is 58.6 Å². The van der Waals surface area contributed by atoms with Crippen molar-refractivity contribution in [1.29, 1.82) is 0 Å². The lowest BCUT2D eigenvalue weighted by molar-refractivity contribution is -0.168. The molecule has 0 aliphatic heterocycles. The third-order valence-corrected chi connectivity index (χ3v) is 5.42. The van der Waals surface area contributed by atoms with E-state index in [1.807, 2.05) is 36.4 Å². The Morgan fingerprint density at radius 3 is 1.82 bits per heavy atom. The Balaban J connectivity index is 2.31. The highest BCUT2D eigenvalue weighted by Crippen LogP contribution is 2.31. The van der Waals surface area contributed by atoms with Gasteiger partial charge in [-0.15, -0.1) is 0 Å². The molecule has 0 spiro atoms. The summed E-state index contributed by atoms with van der Waals surface area (Å²) in [5, 5.41) is 0. The van der Waals surface area contributed by atoms with Crippen LogP contribution in [-0.2, 0) is 41.9 Å². The monoisotopic (exact) mass is 475 g/mol. The lowest BCUT2D eigenvalue weighted by Crippen LogP contribution is -2.46. The van der Waals surface area contributed by atoms with Gasteiger partial charge in [0.15, 0.2) is 0 Å². The van der Waals surface area contributed by atoms with Crippen LogP contribution in [0, 0.1) is 0 Å². The molecule has 0 saturated heterocycles. The summed E-state index contributed by atoms with van der Waals surface area (Å²) in [5.41, 5.74) is -1.55. The minimum atomic E-state index is -3.03. The van der Waals surface area contributed by atoms with Crippen molar-refractivity contribution in [3.8, 4) is 0 Å². The molecule has 0 saturated carbocycles. The predicted molar refractivity (Wildman–Crippen MR) is 127 cm³/mol. The molecule has 8 heteroatoms. The van der Waals surface area contributed by atoms with Crippen LogP contribution in [0.4, 0.5) is 0 Å². The van der Waals surface area contributed by atoms with Gasteiger partial charge < -0.3 is 9.47 Å². The highest BCUT2D eigenvalue weighted by atomic mass is 32.2. The zero-order valence-corrected chi connectivity index (χ0v) is 20.7. The maximum absolute atomic E-state index is 13.1. The van der Waals surface area contributed by atoms with E-state index in [9.17, 15) is 18.0 Å². The molecule has 0 bridgehead atoms. The summed E-state index contributed by atoms with van der Waals surface area (Å²) >= 11 is 0. The minimum absolute atomic E-state index is 0.129. The van der Waals surface area contributed by atoms with E-state index >= 15 is 0 Å². The topological polar surface area (TPSA) is 98.8 Å². The van der Waals surface area contributed by atoms with Gasteiger partial charge in [-0.05, 0) is 52.2 Å². The van der Waals surface area contributed by atoms with Crippen molar-refractivity contribution >= 4 is 22.8 Å². The molecular weight excluding hydrogens is 442 g/mol. The molecule has 0 fully saturated rings. The second kappa shape index (κ2) is 10.9. The Bertz CT molecular complexity index is 1000. The molecule has 0 amide bonds.